The number of anilines is 1. The second-order valence-corrected chi connectivity index (χ2v) is 4.58. The Morgan fingerprint density at radius 3 is 3.11 bits per heavy atom. The van der Waals surface area contributed by atoms with Gasteiger partial charge in [0.15, 0.2) is 11.0 Å². The monoisotopic (exact) mass is 267 g/mol. The van der Waals surface area contributed by atoms with Crippen LogP contribution in [-0.4, -0.2) is 37.4 Å². The number of carbonyl (C=O) groups is 1. The summed E-state index contributed by atoms with van der Waals surface area (Å²) in [5.74, 6) is -0.100. The zero-order valence-electron chi connectivity index (χ0n) is 9.83. The van der Waals surface area contributed by atoms with Gasteiger partial charge in [-0.1, -0.05) is 0 Å². The highest BCUT2D eigenvalue weighted by atomic mass is 32.1. The molecule has 2 heterocycles. The van der Waals surface area contributed by atoms with Gasteiger partial charge in [-0.25, -0.2) is 9.97 Å². The zero-order chi connectivity index (χ0) is 13.0. The first-order chi connectivity index (χ1) is 8.63. The maximum Gasteiger partial charge on any atom is 0.309 e. The standard InChI is InChI=1S/C10H13N5O2S/c1-15-6-12-8(14-15)2-3-11-10-13-7(5-18-10)4-9(16)17/h5-6H,2-4H2,1H3,(H,11,13)(H,16,17). The topological polar surface area (TPSA) is 92.9 Å². The van der Waals surface area contributed by atoms with Gasteiger partial charge in [-0.2, -0.15) is 5.10 Å². The first kappa shape index (κ1) is 12.5. The van der Waals surface area contributed by atoms with E-state index in [-0.39, 0.29) is 6.42 Å². The number of carboxylic acid groups (broad SMARTS) is 1. The normalized spacial score (nSPS) is 10.5. The molecule has 0 fully saturated rings. The summed E-state index contributed by atoms with van der Waals surface area (Å²) < 4.78 is 1.66. The van der Waals surface area contributed by atoms with Crippen LogP contribution in [0.5, 0.6) is 0 Å². The van der Waals surface area contributed by atoms with E-state index in [1.807, 2.05) is 7.05 Å². The van der Waals surface area contributed by atoms with E-state index >= 15 is 0 Å². The summed E-state index contributed by atoms with van der Waals surface area (Å²) in [5, 5.41) is 18.4. The van der Waals surface area contributed by atoms with Crippen molar-refractivity contribution in [2.75, 3.05) is 11.9 Å². The number of thiazole rings is 1. The molecule has 0 aliphatic rings. The van der Waals surface area contributed by atoms with Crippen LogP contribution >= 0.6 is 11.3 Å². The van der Waals surface area contributed by atoms with Crippen LogP contribution in [0, 0.1) is 0 Å². The molecule has 7 nitrogen and oxygen atoms in total. The molecule has 0 atom stereocenters. The molecule has 2 N–H and O–H groups in total. The van der Waals surface area contributed by atoms with Gasteiger partial charge in [0.2, 0.25) is 0 Å². The molecule has 0 aliphatic carbocycles. The van der Waals surface area contributed by atoms with E-state index in [2.05, 4.69) is 20.4 Å². The van der Waals surface area contributed by atoms with Crippen LogP contribution in [-0.2, 0) is 24.7 Å². The molecule has 0 aromatic carbocycles. The van der Waals surface area contributed by atoms with Gasteiger partial charge in [-0.3, -0.25) is 9.48 Å². The Labute approximate surface area is 108 Å². The number of carboxylic acids is 1. The molecule has 2 rings (SSSR count). The predicted octanol–water partition coefficient (Wildman–Crippen LogP) is 0.553. The maximum atomic E-state index is 10.5. The Morgan fingerprint density at radius 2 is 2.44 bits per heavy atom. The van der Waals surface area contributed by atoms with Crippen molar-refractivity contribution >= 4 is 22.4 Å². The van der Waals surface area contributed by atoms with Crippen molar-refractivity contribution < 1.29 is 9.90 Å². The van der Waals surface area contributed by atoms with Crippen molar-refractivity contribution in [3.63, 3.8) is 0 Å². The van der Waals surface area contributed by atoms with Gasteiger partial charge in [0.1, 0.15) is 6.33 Å². The number of aryl methyl sites for hydroxylation is 1. The highest BCUT2D eigenvalue weighted by Gasteiger charge is 2.06. The summed E-state index contributed by atoms with van der Waals surface area (Å²) in [6, 6.07) is 0. The third-order valence-corrected chi connectivity index (χ3v) is 3.00. The summed E-state index contributed by atoms with van der Waals surface area (Å²) in [4.78, 5) is 18.8. The molecule has 8 heteroatoms. The number of nitrogens with one attached hydrogen (secondary N) is 1. The summed E-state index contributed by atoms with van der Waals surface area (Å²) in [6.45, 7) is 0.671. The van der Waals surface area contributed by atoms with Crippen LogP contribution in [0.25, 0.3) is 0 Å². The van der Waals surface area contributed by atoms with Crippen molar-refractivity contribution in [3.8, 4) is 0 Å². The second-order valence-electron chi connectivity index (χ2n) is 3.73. The fraction of sp³-hybridized carbons (Fsp3) is 0.400. The Balaban J connectivity index is 1.79. The molecule has 0 amide bonds. The van der Waals surface area contributed by atoms with Crippen LogP contribution in [0.2, 0.25) is 0 Å². The lowest BCUT2D eigenvalue weighted by Crippen LogP contribution is -2.06. The van der Waals surface area contributed by atoms with Gasteiger partial charge in [0.05, 0.1) is 12.1 Å². The van der Waals surface area contributed by atoms with Crippen LogP contribution in [0.15, 0.2) is 11.7 Å². The zero-order valence-corrected chi connectivity index (χ0v) is 10.6. The van der Waals surface area contributed by atoms with E-state index in [0.29, 0.717) is 18.7 Å². The van der Waals surface area contributed by atoms with Crippen molar-refractivity contribution in [2.45, 2.75) is 12.8 Å². The summed E-state index contributed by atoms with van der Waals surface area (Å²) in [6.07, 6.45) is 2.32. The van der Waals surface area contributed by atoms with Gasteiger partial charge >= 0.3 is 5.97 Å². The second kappa shape index (κ2) is 5.58. The number of rotatable bonds is 6. The molecule has 96 valence electrons. The smallest absolute Gasteiger partial charge is 0.309 e. The number of aromatic nitrogens is 4. The molecule has 0 spiro atoms. The minimum atomic E-state index is -0.871. The number of nitrogens with zero attached hydrogens (tertiary/aromatic N) is 4. The largest absolute Gasteiger partial charge is 0.481 e. The summed E-state index contributed by atoms with van der Waals surface area (Å²) in [7, 11) is 1.82. The lowest BCUT2D eigenvalue weighted by Gasteiger charge is -1.99. The fourth-order valence-electron chi connectivity index (χ4n) is 1.40. The van der Waals surface area contributed by atoms with Gasteiger partial charge in [-0.05, 0) is 0 Å². The van der Waals surface area contributed by atoms with E-state index in [9.17, 15) is 4.79 Å². The molecule has 0 saturated heterocycles. The van der Waals surface area contributed by atoms with Crippen molar-refractivity contribution in [2.24, 2.45) is 7.05 Å². The van der Waals surface area contributed by atoms with E-state index in [1.54, 1.807) is 16.4 Å². The summed E-state index contributed by atoms with van der Waals surface area (Å²) in [5.41, 5.74) is 0.575. The van der Waals surface area contributed by atoms with Crippen LogP contribution in [0.1, 0.15) is 11.5 Å². The third kappa shape index (κ3) is 3.52. The molecule has 0 radical (unpaired) electrons. The minimum absolute atomic E-state index is 0.0417. The van der Waals surface area contributed by atoms with Gasteiger partial charge < -0.3 is 10.4 Å². The molecule has 2 aromatic heterocycles. The molecular weight excluding hydrogens is 254 g/mol. The van der Waals surface area contributed by atoms with E-state index in [0.717, 1.165) is 11.0 Å². The molecule has 2 aromatic rings. The fourth-order valence-corrected chi connectivity index (χ4v) is 2.14. The van der Waals surface area contributed by atoms with Crippen LogP contribution < -0.4 is 5.32 Å². The minimum Gasteiger partial charge on any atom is -0.481 e. The quantitative estimate of drug-likeness (QED) is 0.794. The van der Waals surface area contributed by atoms with Gasteiger partial charge in [0.25, 0.3) is 0 Å². The highest BCUT2D eigenvalue weighted by molar-refractivity contribution is 7.13. The predicted molar refractivity (Wildman–Crippen MR) is 66.7 cm³/mol. The molecular formula is C10H13N5O2S. The summed E-state index contributed by atoms with van der Waals surface area (Å²) >= 11 is 1.40. The molecule has 0 bridgehead atoms. The number of hydrogen-bond donors (Lipinski definition) is 2. The average Bonchev–Trinajstić information content (AvgIpc) is 2.88. The number of aliphatic carboxylic acids is 1. The Kier molecular flexibility index (Phi) is 3.88. The van der Waals surface area contributed by atoms with Gasteiger partial charge in [-0.15, -0.1) is 11.3 Å². The van der Waals surface area contributed by atoms with Crippen molar-refractivity contribution in [1.82, 2.24) is 19.7 Å². The molecule has 18 heavy (non-hydrogen) atoms. The first-order valence-electron chi connectivity index (χ1n) is 5.38. The molecule has 0 saturated carbocycles. The van der Waals surface area contributed by atoms with Crippen molar-refractivity contribution in [3.05, 3.63) is 23.2 Å². The van der Waals surface area contributed by atoms with Crippen LogP contribution in [0.4, 0.5) is 5.13 Å². The van der Waals surface area contributed by atoms with Crippen molar-refractivity contribution in [1.29, 1.82) is 0 Å². The Bertz CT molecular complexity index is 536. The van der Waals surface area contributed by atoms with Gasteiger partial charge in [0, 0.05) is 25.4 Å². The van der Waals surface area contributed by atoms with E-state index in [4.69, 9.17) is 5.11 Å². The number of hydrogen-bond acceptors (Lipinski definition) is 6. The maximum absolute atomic E-state index is 10.5. The lowest BCUT2D eigenvalue weighted by molar-refractivity contribution is -0.136. The van der Waals surface area contributed by atoms with E-state index in [1.165, 1.54) is 11.3 Å². The molecule has 0 aliphatic heterocycles. The van der Waals surface area contributed by atoms with Crippen LogP contribution in [0.3, 0.4) is 0 Å². The Morgan fingerprint density at radius 1 is 1.61 bits per heavy atom. The highest BCUT2D eigenvalue weighted by Crippen LogP contribution is 2.15. The molecule has 0 unspecified atom stereocenters. The average molecular weight is 267 g/mol. The van der Waals surface area contributed by atoms with E-state index < -0.39 is 5.97 Å². The Hall–Kier alpha value is -1.96. The first-order valence-corrected chi connectivity index (χ1v) is 6.26. The third-order valence-electron chi connectivity index (χ3n) is 2.16. The SMILES string of the molecule is Cn1cnc(CCNc2nc(CC(=O)O)cs2)n1. The lowest BCUT2D eigenvalue weighted by atomic mass is 10.3.